The van der Waals surface area contributed by atoms with Gasteiger partial charge < -0.3 is 14.6 Å². The van der Waals surface area contributed by atoms with Gasteiger partial charge in [-0.15, -0.1) is 0 Å². The lowest BCUT2D eigenvalue weighted by atomic mass is 10.0. The molecule has 2 N–H and O–H groups in total. The Labute approximate surface area is 141 Å². The number of esters is 1. The van der Waals surface area contributed by atoms with Crippen molar-refractivity contribution in [2.24, 2.45) is 7.05 Å². The minimum Gasteiger partial charge on any atom is -0.462 e. The van der Waals surface area contributed by atoms with Crippen molar-refractivity contribution in [3.63, 3.8) is 0 Å². The molecule has 5 nitrogen and oxygen atoms in total. The van der Waals surface area contributed by atoms with Crippen LogP contribution in [0.4, 0.5) is 0 Å². The van der Waals surface area contributed by atoms with E-state index in [0.29, 0.717) is 18.7 Å². The van der Waals surface area contributed by atoms with Crippen LogP contribution in [0.5, 0.6) is 0 Å². The zero-order valence-corrected chi connectivity index (χ0v) is 14.2. The first-order valence-corrected chi connectivity index (χ1v) is 8.37. The number of carbonyl (C=O) groups excluding carboxylic acids is 1. The third-order valence-electron chi connectivity index (χ3n) is 4.58. The molecule has 0 saturated carbocycles. The van der Waals surface area contributed by atoms with Crippen LogP contribution in [0, 0.1) is 5.41 Å². The normalized spacial score (nSPS) is 13.8. The minimum absolute atomic E-state index is 0.308. The second kappa shape index (κ2) is 6.91. The number of nitrogens with one attached hydrogen (secondary N) is 2. The Bertz CT molecular complexity index is 818. The van der Waals surface area contributed by atoms with E-state index < -0.39 is 0 Å². The number of fused-ring (bicyclic) bond motifs is 1. The molecule has 0 aliphatic heterocycles. The van der Waals surface area contributed by atoms with Crippen LogP contribution < -0.4 is 5.32 Å². The van der Waals surface area contributed by atoms with Crippen molar-refractivity contribution >= 4 is 28.8 Å². The summed E-state index contributed by atoms with van der Waals surface area (Å²) in [6.07, 6.45) is 6.91. The topological polar surface area (TPSA) is 67.1 Å². The Morgan fingerprint density at radius 3 is 2.96 bits per heavy atom. The number of allylic oxidation sites excluding steroid dienone is 2. The number of ether oxygens (including phenoxy) is 1. The molecule has 0 unspecified atom stereocenters. The molecular formula is C19H23N3O2. The Balaban J connectivity index is 2.15. The molecule has 2 aromatic rings. The van der Waals surface area contributed by atoms with Crippen molar-refractivity contribution in [2.75, 3.05) is 6.61 Å². The lowest BCUT2D eigenvalue weighted by Crippen LogP contribution is -2.16. The molecule has 0 bridgehead atoms. The predicted molar refractivity (Wildman–Crippen MR) is 96.3 cm³/mol. The zero-order chi connectivity index (χ0) is 17.1. The van der Waals surface area contributed by atoms with Gasteiger partial charge in [0.05, 0.1) is 30.7 Å². The van der Waals surface area contributed by atoms with Crippen LogP contribution in [-0.4, -0.2) is 23.5 Å². The number of aromatic nitrogens is 1. The van der Waals surface area contributed by atoms with Gasteiger partial charge in [0.1, 0.15) is 0 Å². The summed E-state index contributed by atoms with van der Waals surface area (Å²) in [4.78, 5) is 12.5. The van der Waals surface area contributed by atoms with Gasteiger partial charge in [0.15, 0.2) is 0 Å². The second-order valence-corrected chi connectivity index (χ2v) is 5.98. The van der Waals surface area contributed by atoms with Gasteiger partial charge in [-0.25, -0.2) is 4.79 Å². The Morgan fingerprint density at radius 2 is 2.29 bits per heavy atom. The fourth-order valence-corrected chi connectivity index (χ4v) is 3.41. The van der Waals surface area contributed by atoms with Gasteiger partial charge in [-0.1, -0.05) is 18.2 Å². The zero-order valence-electron chi connectivity index (χ0n) is 14.2. The van der Waals surface area contributed by atoms with E-state index in [2.05, 4.69) is 23.5 Å². The van der Waals surface area contributed by atoms with E-state index in [1.54, 1.807) is 0 Å². The molecule has 3 rings (SSSR count). The van der Waals surface area contributed by atoms with Crippen LogP contribution in [-0.2, 0) is 18.3 Å². The lowest BCUT2D eigenvalue weighted by Gasteiger charge is -2.07. The molecule has 126 valence electrons. The van der Waals surface area contributed by atoms with Gasteiger partial charge in [-0.05, 0) is 43.4 Å². The summed E-state index contributed by atoms with van der Waals surface area (Å²) in [5.74, 6) is -0.308. The van der Waals surface area contributed by atoms with E-state index >= 15 is 0 Å². The van der Waals surface area contributed by atoms with Crippen LogP contribution in [0.2, 0.25) is 0 Å². The third kappa shape index (κ3) is 2.82. The first-order chi connectivity index (χ1) is 11.7. The van der Waals surface area contributed by atoms with Crippen molar-refractivity contribution in [3.05, 3.63) is 41.1 Å². The van der Waals surface area contributed by atoms with Crippen molar-refractivity contribution < 1.29 is 9.53 Å². The molecule has 1 aliphatic carbocycles. The highest BCUT2D eigenvalue weighted by atomic mass is 16.5. The average Bonchev–Trinajstić information content (AvgIpc) is 3.20. The number of rotatable bonds is 6. The maximum absolute atomic E-state index is 12.5. The number of hydrogen-bond acceptors (Lipinski definition) is 3. The molecular weight excluding hydrogens is 302 g/mol. The van der Waals surface area contributed by atoms with Crippen LogP contribution in [0.3, 0.4) is 0 Å². The second-order valence-electron chi connectivity index (χ2n) is 5.98. The van der Waals surface area contributed by atoms with Crippen LogP contribution >= 0.6 is 0 Å². The van der Waals surface area contributed by atoms with Gasteiger partial charge in [-0.3, -0.25) is 5.41 Å². The highest BCUT2D eigenvalue weighted by Gasteiger charge is 2.22. The molecule has 0 saturated heterocycles. The van der Waals surface area contributed by atoms with E-state index in [-0.39, 0.29) is 5.97 Å². The Morgan fingerprint density at radius 1 is 1.46 bits per heavy atom. The minimum atomic E-state index is -0.308. The first-order valence-electron chi connectivity index (χ1n) is 8.37. The van der Waals surface area contributed by atoms with Gasteiger partial charge in [-0.2, -0.15) is 0 Å². The number of aryl methyl sites for hydroxylation is 1. The number of nitrogens with zero attached hydrogens (tertiary/aromatic N) is 1. The highest BCUT2D eigenvalue weighted by molar-refractivity contribution is 6.06. The largest absolute Gasteiger partial charge is 0.462 e. The Hall–Kier alpha value is -2.56. The van der Waals surface area contributed by atoms with Gasteiger partial charge >= 0.3 is 5.97 Å². The fraction of sp³-hybridized carbons (Fsp3) is 0.368. The standard InChI is InChI=1S/C19H23N3O2/c1-3-24-19(23)18-15-9-8-14(13-6-4-5-7-13)10-16(15)22(2)17(18)11-21-12-20/h6,8-10,12H,3-5,7,11H2,1-2H3,(H2,20,21). The highest BCUT2D eigenvalue weighted by Crippen LogP contribution is 2.32. The van der Waals surface area contributed by atoms with E-state index in [0.717, 1.165) is 35.8 Å². The maximum Gasteiger partial charge on any atom is 0.340 e. The van der Waals surface area contributed by atoms with E-state index in [1.165, 1.54) is 17.6 Å². The molecule has 1 aliphatic rings. The predicted octanol–water partition coefficient (Wildman–Crippen LogP) is 3.62. The maximum atomic E-state index is 12.5. The summed E-state index contributed by atoms with van der Waals surface area (Å²) < 4.78 is 7.28. The van der Waals surface area contributed by atoms with Crippen LogP contribution in [0.15, 0.2) is 24.3 Å². The summed E-state index contributed by atoms with van der Waals surface area (Å²) >= 11 is 0. The number of benzene rings is 1. The third-order valence-corrected chi connectivity index (χ3v) is 4.58. The molecule has 24 heavy (non-hydrogen) atoms. The molecule has 0 radical (unpaired) electrons. The summed E-state index contributed by atoms with van der Waals surface area (Å²) in [6.45, 7) is 2.57. The molecule has 1 aromatic heterocycles. The van der Waals surface area contributed by atoms with Gasteiger partial charge in [0.2, 0.25) is 0 Å². The van der Waals surface area contributed by atoms with E-state index in [4.69, 9.17) is 10.1 Å². The van der Waals surface area contributed by atoms with Crippen molar-refractivity contribution in [1.82, 2.24) is 9.88 Å². The number of hydrogen-bond donors (Lipinski definition) is 2. The molecule has 0 atom stereocenters. The fourth-order valence-electron chi connectivity index (χ4n) is 3.41. The van der Waals surface area contributed by atoms with Gasteiger partial charge in [0, 0.05) is 18.0 Å². The van der Waals surface area contributed by atoms with Crippen molar-refractivity contribution in [3.8, 4) is 0 Å². The van der Waals surface area contributed by atoms with Crippen LogP contribution in [0.25, 0.3) is 16.5 Å². The average molecular weight is 325 g/mol. The molecule has 0 amide bonds. The summed E-state index contributed by atoms with van der Waals surface area (Å²) in [5.41, 5.74) is 5.06. The molecule has 1 aromatic carbocycles. The van der Waals surface area contributed by atoms with Crippen molar-refractivity contribution in [1.29, 1.82) is 5.41 Å². The smallest absolute Gasteiger partial charge is 0.340 e. The van der Waals surface area contributed by atoms with E-state index in [1.807, 2.05) is 24.6 Å². The first kappa shape index (κ1) is 16.3. The molecule has 1 heterocycles. The summed E-state index contributed by atoms with van der Waals surface area (Å²) in [5, 5.41) is 11.0. The Kier molecular flexibility index (Phi) is 4.69. The monoisotopic (exact) mass is 325 g/mol. The number of carbonyl (C=O) groups is 1. The quantitative estimate of drug-likeness (QED) is 0.484. The molecule has 0 fully saturated rings. The van der Waals surface area contributed by atoms with Gasteiger partial charge in [0.25, 0.3) is 0 Å². The molecule has 5 heteroatoms. The lowest BCUT2D eigenvalue weighted by molar-refractivity contribution is 0.0527. The molecule has 0 spiro atoms. The summed E-state index contributed by atoms with van der Waals surface area (Å²) in [6, 6.07) is 6.27. The summed E-state index contributed by atoms with van der Waals surface area (Å²) in [7, 11) is 1.96. The van der Waals surface area contributed by atoms with Crippen molar-refractivity contribution in [2.45, 2.75) is 32.7 Å². The van der Waals surface area contributed by atoms with E-state index in [9.17, 15) is 4.79 Å². The van der Waals surface area contributed by atoms with Crippen LogP contribution in [0.1, 0.15) is 47.8 Å². The SMILES string of the molecule is CCOC(=O)c1c(CNC=N)n(C)c2cc(C3=CCCC3)ccc12.